The van der Waals surface area contributed by atoms with Crippen molar-refractivity contribution in [1.29, 1.82) is 0 Å². The second-order valence-corrected chi connectivity index (χ2v) is 5.94. The van der Waals surface area contributed by atoms with E-state index >= 15 is 0 Å². The van der Waals surface area contributed by atoms with E-state index in [0.717, 1.165) is 16.9 Å². The molecule has 7 heteroatoms. The summed E-state index contributed by atoms with van der Waals surface area (Å²) in [6.45, 7) is 0.346. The van der Waals surface area contributed by atoms with Gasteiger partial charge in [0.15, 0.2) is 0 Å². The molecule has 0 unspecified atom stereocenters. The number of cyclic esters (lactones) is 1. The summed E-state index contributed by atoms with van der Waals surface area (Å²) in [6.07, 6.45) is 2.34. The van der Waals surface area contributed by atoms with Crippen molar-refractivity contribution in [3.05, 3.63) is 66.4 Å². The Balaban J connectivity index is 1.48. The number of carbonyl (C=O) groups excluding carboxylic acids is 2. The van der Waals surface area contributed by atoms with Gasteiger partial charge >= 0.3 is 5.97 Å². The Morgan fingerprint density at radius 1 is 1.12 bits per heavy atom. The van der Waals surface area contributed by atoms with Crippen molar-refractivity contribution in [3.63, 3.8) is 0 Å². The Kier molecular flexibility index (Phi) is 4.18. The second kappa shape index (κ2) is 6.79. The molecule has 1 fully saturated rings. The highest BCUT2D eigenvalue weighted by Gasteiger charge is 2.28. The van der Waals surface area contributed by atoms with E-state index in [4.69, 9.17) is 4.74 Å². The molecule has 1 atom stereocenters. The molecule has 0 bridgehead atoms. The van der Waals surface area contributed by atoms with E-state index in [2.05, 4.69) is 15.6 Å². The average molecular weight is 348 g/mol. The van der Waals surface area contributed by atoms with E-state index in [1.54, 1.807) is 28.9 Å². The molecule has 0 spiro atoms. The van der Waals surface area contributed by atoms with E-state index in [-0.39, 0.29) is 11.9 Å². The van der Waals surface area contributed by atoms with Gasteiger partial charge in [-0.2, -0.15) is 0 Å². The first-order valence-corrected chi connectivity index (χ1v) is 8.26. The van der Waals surface area contributed by atoms with E-state index in [1.807, 2.05) is 36.5 Å². The Hall–Kier alpha value is -3.48. The SMILES string of the molecule is O=C(N[C@H]1CCOC1=O)c1ccc(-n2cc(-c3ccccc3)nn2)cc1. The van der Waals surface area contributed by atoms with Crippen molar-refractivity contribution in [2.75, 3.05) is 6.61 Å². The lowest BCUT2D eigenvalue weighted by molar-refractivity contribution is -0.139. The molecule has 26 heavy (non-hydrogen) atoms. The maximum Gasteiger partial charge on any atom is 0.328 e. The van der Waals surface area contributed by atoms with Crippen LogP contribution >= 0.6 is 0 Å². The van der Waals surface area contributed by atoms with Crippen molar-refractivity contribution >= 4 is 11.9 Å². The smallest absolute Gasteiger partial charge is 0.328 e. The molecule has 1 aliphatic rings. The minimum absolute atomic E-state index is 0.302. The van der Waals surface area contributed by atoms with Crippen LogP contribution in [0.2, 0.25) is 0 Å². The molecule has 4 rings (SSSR count). The van der Waals surface area contributed by atoms with Crippen LogP contribution < -0.4 is 5.32 Å². The van der Waals surface area contributed by atoms with Gasteiger partial charge in [-0.1, -0.05) is 35.5 Å². The fourth-order valence-electron chi connectivity index (χ4n) is 2.77. The third-order valence-corrected chi connectivity index (χ3v) is 4.20. The van der Waals surface area contributed by atoms with E-state index < -0.39 is 6.04 Å². The summed E-state index contributed by atoms with van der Waals surface area (Å²) in [7, 11) is 0. The Bertz CT molecular complexity index is 935. The van der Waals surface area contributed by atoms with Gasteiger partial charge in [-0.15, -0.1) is 5.10 Å². The fraction of sp³-hybridized carbons (Fsp3) is 0.158. The van der Waals surface area contributed by atoms with Gasteiger partial charge in [0.05, 0.1) is 18.5 Å². The Labute approximate surface area is 149 Å². The number of benzene rings is 2. The maximum atomic E-state index is 12.2. The van der Waals surface area contributed by atoms with E-state index in [0.29, 0.717) is 18.6 Å². The topological polar surface area (TPSA) is 86.1 Å². The minimum Gasteiger partial charge on any atom is -0.464 e. The number of hydrogen-bond donors (Lipinski definition) is 1. The summed E-state index contributed by atoms with van der Waals surface area (Å²) in [5.74, 6) is -0.685. The van der Waals surface area contributed by atoms with Crippen LogP contribution in [-0.4, -0.2) is 39.5 Å². The third-order valence-electron chi connectivity index (χ3n) is 4.20. The summed E-state index contributed by atoms with van der Waals surface area (Å²) in [6, 6.07) is 16.2. The van der Waals surface area contributed by atoms with Crippen molar-refractivity contribution in [3.8, 4) is 16.9 Å². The van der Waals surface area contributed by atoms with E-state index in [9.17, 15) is 9.59 Å². The molecule has 0 radical (unpaired) electrons. The average Bonchev–Trinajstić information content (AvgIpc) is 3.32. The zero-order chi connectivity index (χ0) is 17.9. The molecule has 130 valence electrons. The second-order valence-electron chi connectivity index (χ2n) is 5.94. The van der Waals surface area contributed by atoms with Crippen molar-refractivity contribution in [2.24, 2.45) is 0 Å². The van der Waals surface area contributed by atoms with Gasteiger partial charge in [0.1, 0.15) is 11.7 Å². The van der Waals surface area contributed by atoms with Gasteiger partial charge in [-0.3, -0.25) is 4.79 Å². The third kappa shape index (κ3) is 3.19. The van der Waals surface area contributed by atoms with Gasteiger partial charge in [-0.05, 0) is 24.3 Å². The normalized spacial score (nSPS) is 16.3. The van der Waals surface area contributed by atoms with Gasteiger partial charge in [0.25, 0.3) is 5.91 Å². The molecule has 1 saturated heterocycles. The highest BCUT2D eigenvalue weighted by molar-refractivity contribution is 5.97. The van der Waals surface area contributed by atoms with Crippen LogP contribution in [0.5, 0.6) is 0 Å². The van der Waals surface area contributed by atoms with Crippen LogP contribution in [0.4, 0.5) is 0 Å². The van der Waals surface area contributed by atoms with Gasteiger partial charge in [0.2, 0.25) is 0 Å². The van der Waals surface area contributed by atoms with Crippen molar-refractivity contribution in [2.45, 2.75) is 12.5 Å². The number of rotatable bonds is 4. The molecule has 2 aromatic carbocycles. The monoisotopic (exact) mass is 348 g/mol. The zero-order valence-corrected chi connectivity index (χ0v) is 13.8. The summed E-state index contributed by atoms with van der Waals surface area (Å²) >= 11 is 0. The van der Waals surface area contributed by atoms with Crippen LogP contribution in [-0.2, 0) is 9.53 Å². The number of nitrogens with one attached hydrogen (secondary N) is 1. The first-order valence-electron chi connectivity index (χ1n) is 8.26. The maximum absolute atomic E-state index is 12.2. The minimum atomic E-state index is -0.564. The Morgan fingerprint density at radius 2 is 1.88 bits per heavy atom. The molecule has 1 amide bonds. The van der Waals surface area contributed by atoms with Crippen molar-refractivity contribution < 1.29 is 14.3 Å². The predicted octanol–water partition coefficient (Wildman–Crippen LogP) is 1.98. The lowest BCUT2D eigenvalue weighted by atomic mass is 10.1. The zero-order valence-electron chi connectivity index (χ0n) is 13.8. The van der Waals surface area contributed by atoms with E-state index in [1.165, 1.54) is 0 Å². The molecule has 1 aliphatic heterocycles. The highest BCUT2D eigenvalue weighted by Crippen LogP contribution is 2.17. The quantitative estimate of drug-likeness (QED) is 0.729. The van der Waals surface area contributed by atoms with Gasteiger partial charge in [0, 0.05) is 17.5 Å². The molecule has 0 saturated carbocycles. The van der Waals surface area contributed by atoms with Gasteiger partial charge < -0.3 is 10.1 Å². The number of aromatic nitrogens is 3. The lowest BCUT2D eigenvalue weighted by Crippen LogP contribution is -2.37. The number of hydrogen-bond acceptors (Lipinski definition) is 5. The molecule has 3 aromatic rings. The van der Waals surface area contributed by atoms with Crippen LogP contribution in [0, 0.1) is 0 Å². The largest absolute Gasteiger partial charge is 0.464 e. The lowest BCUT2D eigenvalue weighted by Gasteiger charge is -2.09. The fourth-order valence-corrected chi connectivity index (χ4v) is 2.77. The van der Waals surface area contributed by atoms with Crippen LogP contribution in [0.15, 0.2) is 60.8 Å². The first-order chi connectivity index (χ1) is 12.7. The molecule has 7 nitrogen and oxygen atoms in total. The Morgan fingerprint density at radius 3 is 2.58 bits per heavy atom. The van der Waals surface area contributed by atoms with Crippen LogP contribution in [0.1, 0.15) is 16.8 Å². The first kappa shape index (κ1) is 16.0. The molecule has 1 aromatic heterocycles. The summed E-state index contributed by atoms with van der Waals surface area (Å²) in [5, 5.41) is 11.0. The number of esters is 1. The highest BCUT2D eigenvalue weighted by atomic mass is 16.5. The summed E-state index contributed by atoms with van der Waals surface area (Å²) < 4.78 is 6.50. The molecule has 0 aliphatic carbocycles. The number of carbonyl (C=O) groups is 2. The molecular weight excluding hydrogens is 332 g/mol. The van der Waals surface area contributed by atoms with Crippen LogP contribution in [0.3, 0.4) is 0 Å². The van der Waals surface area contributed by atoms with Crippen LogP contribution in [0.25, 0.3) is 16.9 Å². The molecule has 1 N–H and O–H groups in total. The number of ether oxygens (including phenoxy) is 1. The van der Waals surface area contributed by atoms with Crippen molar-refractivity contribution in [1.82, 2.24) is 20.3 Å². The summed E-state index contributed by atoms with van der Waals surface area (Å²) in [5.41, 5.74) is 3.01. The summed E-state index contributed by atoms with van der Waals surface area (Å²) in [4.78, 5) is 23.7. The molecular formula is C19H16N4O3. The number of amides is 1. The number of nitrogens with zero attached hydrogens (tertiary/aromatic N) is 3. The van der Waals surface area contributed by atoms with Gasteiger partial charge in [-0.25, -0.2) is 9.48 Å². The molecule has 2 heterocycles. The standard InChI is InChI=1S/C19H16N4O3/c24-18(20-16-10-11-26-19(16)25)14-6-8-15(9-7-14)23-12-17(21-22-23)13-4-2-1-3-5-13/h1-9,12,16H,10-11H2,(H,20,24)/t16-/m0/s1. The predicted molar refractivity (Wildman–Crippen MR) is 93.6 cm³/mol.